The van der Waals surface area contributed by atoms with Gasteiger partial charge in [0.25, 0.3) is 0 Å². The fourth-order valence-corrected chi connectivity index (χ4v) is 3.12. The van der Waals surface area contributed by atoms with Crippen LogP contribution in [0.5, 0.6) is 0 Å². The zero-order valence-corrected chi connectivity index (χ0v) is 10.9. The van der Waals surface area contributed by atoms with Crippen LogP contribution in [0.2, 0.25) is 0 Å². The van der Waals surface area contributed by atoms with Crippen LogP contribution < -0.4 is 5.73 Å². The number of rotatable bonds is 6. The van der Waals surface area contributed by atoms with E-state index >= 15 is 0 Å². The molecule has 0 saturated heterocycles. The standard InChI is InChI=1S/C11H15NO3S2/c12-11(16)10-5-2-1-4-9(10)8-17(14,15)7-3-6-13/h1-2,4-5,13H,3,6-8H2,(H2,12,16). The van der Waals surface area contributed by atoms with E-state index in [1.807, 2.05) is 0 Å². The molecular formula is C11H15NO3S2. The molecule has 0 unspecified atom stereocenters. The number of benzene rings is 1. The minimum absolute atomic E-state index is 0.0326. The van der Waals surface area contributed by atoms with Gasteiger partial charge in [-0.25, -0.2) is 8.42 Å². The zero-order valence-electron chi connectivity index (χ0n) is 9.30. The Morgan fingerprint density at radius 3 is 2.59 bits per heavy atom. The first-order chi connectivity index (χ1) is 7.96. The maximum Gasteiger partial charge on any atom is 0.154 e. The van der Waals surface area contributed by atoms with Crippen LogP contribution >= 0.6 is 12.2 Å². The number of thiocarbonyl (C=S) groups is 1. The summed E-state index contributed by atoms with van der Waals surface area (Å²) in [5.74, 6) is -0.129. The van der Waals surface area contributed by atoms with Gasteiger partial charge in [0, 0.05) is 12.2 Å². The first-order valence-corrected chi connectivity index (χ1v) is 7.38. The van der Waals surface area contributed by atoms with E-state index in [1.54, 1.807) is 24.3 Å². The molecule has 0 heterocycles. The molecule has 0 spiro atoms. The molecule has 94 valence electrons. The fourth-order valence-electron chi connectivity index (χ4n) is 1.48. The van der Waals surface area contributed by atoms with Gasteiger partial charge in [-0.1, -0.05) is 36.5 Å². The van der Waals surface area contributed by atoms with Gasteiger partial charge in [-0.3, -0.25) is 0 Å². The highest BCUT2D eigenvalue weighted by atomic mass is 32.2. The summed E-state index contributed by atoms with van der Waals surface area (Å²) in [7, 11) is -3.23. The SMILES string of the molecule is NC(=S)c1ccccc1CS(=O)(=O)CCCO. The number of hydrogen-bond donors (Lipinski definition) is 2. The van der Waals surface area contributed by atoms with Crippen molar-refractivity contribution in [1.82, 2.24) is 0 Å². The van der Waals surface area contributed by atoms with Crippen LogP contribution in [0.4, 0.5) is 0 Å². The van der Waals surface area contributed by atoms with Gasteiger partial charge >= 0.3 is 0 Å². The predicted octanol–water partition coefficient (Wildman–Crippen LogP) is 0.618. The Morgan fingerprint density at radius 1 is 1.35 bits per heavy atom. The maximum absolute atomic E-state index is 11.7. The molecule has 0 saturated carbocycles. The van der Waals surface area contributed by atoms with E-state index in [9.17, 15) is 8.42 Å². The number of nitrogens with two attached hydrogens (primary N) is 1. The van der Waals surface area contributed by atoms with Crippen molar-refractivity contribution in [2.24, 2.45) is 5.73 Å². The fraction of sp³-hybridized carbons (Fsp3) is 0.364. The monoisotopic (exact) mass is 273 g/mol. The van der Waals surface area contributed by atoms with E-state index in [0.29, 0.717) is 11.1 Å². The number of sulfone groups is 1. The third-order valence-corrected chi connectivity index (χ3v) is 4.15. The molecule has 1 aromatic carbocycles. The van der Waals surface area contributed by atoms with Crippen LogP contribution in [-0.4, -0.2) is 30.9 Å². The van der Waals surface area contributed by atoms with E-state index in [1.165, 1.54) is 0 Å². The van der Waals surface area contributed by atoms with Crippen molar-refractivity contribution in [3.8, 4) is 0 Å². The molecule has 1 aromatic rings. The van der Waals surface area contributed by atoms with Crippen molar-refractivity contribution in [3.05, 3.63) is 35.4 Å². The van der Waals surface area contributed by atoms with E-state index in [0.717, 1.165) is 0 Å². The minimum atomic E-state index is -3.23. The van der Waals surface area contributed by atoms with Gasteiger partial charge in [-0.15, -0.1) is 0 Å². The quantitative estimate of drug-likeness (QED) is 0.743. The van der Waals surface area contributed by atoms with E-state index in [2.05, 4.69) is 0 Å². The van der Waals surface area contributed by atoms with Gasteiger partial charge in [0.1, 0.15) is 4.99 Å². The van der Waals surface area contributed by atoms with Gasteiger partial charge < -0.3 is 10.8 Å². The number of hydrogen-bond acceptors (Lipinski definition) is 4. The van der Waals surface area contributed by atoms with Crippen LogP contribution in [0.1, 0.15) is 17.5 Å². The number of aliphatic hydroxyl groups is 1. The zero-order chi connectivity index (χ0) is 12.9. The minimum Gasteiger partial charge on any atom is -0.396 e. The molecule has 0 aliphatic heterocycles. The molecule has 0 aliphatic rings. The van der Waals surface area contributed by atoms with Crippen molar-refractivity contribution in [1.29, 1.82) is 0 Å². The lowest BCUT2D eigenvalue weighted by molar-refractivity contribution is 0.295. The Kier molecular flexibility index (Phi) is 5.04. The van der Waals surface area contributed by atoms with Gasteiger partial charge in [0.15, 0.2) is 9.84 Å². The summed E-state index contributed by atoms with van der Waals surface area (Å²) in [5, 5.41) is 8.63. The Hall–Kier alpha value is -0.980. The Morgan fingerprint density at radius 2 is 2.00 bits per heavy atom. The van der Waals surface area contributed by atoms with E-state index < -0.39 is 9.84 Å². The molecule has 6 heteroatoms. The lowest BCUT2D eigenvalue weighted by Crippen LogP contribution is -2.16. The predicted molar refractivity (Wildman–Crippen MR) is 71.5 cm³/mol. The molecule has 3 N–H and O–H groups in total. The highest BCUT2D eigenvalue weighted by Gasteiger charge is 2.14. The molecule has 0 aliphatic carbocycles. The first kappa shape index (κ1) is 14.1. The summed E-state index contributed by atoms with van der Waals surface area (Å²) in [6, 6.07) is 6.92. The van der Waals surface area contributed by atoms with Crippen LogP contribution in [0.15, 0.2) is 24.3 Å². The molecule has 0 aromatic heterocycles. The van der Waals surface area contributed by atoms with E-state index in [-0.39, 0.29) is 29.5 Å². The summed E-state index contributed by atoms with van der Waals surface area (Å²) < 4.78 is 23.5. The largest absolute Gasteiger partial charge is 0.396 e. The smallest absolute Gasteiger partial charge is 0.154 e. The van der Waals surface area contributed by atoms with Crippen molar-refractivity contribution in [3.63, 3.8) is 0 Å². The topological polar surface area (TPSA) is 80.4 Å². The Bertz CT molecular complexity index is 497. The highest BCUT2D eigenvalue weighted by Crippen LogP contribution is 2.13. The number of aliphatic hydroxyl groups excluding tert-OH is 1. The Balaban J connectivity index is 2.92. The summed E-state index contributed by atoms with van der Waals surface area (Å²) >= 11 is 4.87. The normalized spacial score (nSPS) is 11.4. The molecule has 0 amide bonds. The van der Waals surface area contributed by atoms with Crippen molar-refractivity contribution >= 4 is 27.0 Å². The summed E-state index contributed by atoms with van der Waals surface area (Å²) in [4.78, 5) is 0.193. The molecule has 4 nitrogen and oxygen atoms in total. The second-order valence-corrected chi connectivity index (χ2v) is 6.31. The van der Waals surface area contributed by atoms with Crippen LogP contribution in [0.25, 0.3) is 0 Å². The summed E-state index contributed by atoms with van der Waals surface area (Å²) in [6.07, 6.45) is 0.248. The van der Waals surface area contributed by atoms with Gasteiger partial charge in [-0.2, -0.15) is 0 Å². The van der Waals surface area contributed by atoms with Crippen LogP contribution in [0.3, 0.4) is 0 Å². The lowest BCUT2D eigenvalue weighted by Gasteiger charge is -2.08. The van der Waals surface area contributed by atoms with Crippen LogP contribution in [-0.2, 0) is 15.6 Å². The maximum atomic E-state index is 11.7. The second-order valence-electron chi connectivity index (χ2n) is 3.69. The van der Waals surface area contributed by atoms with Gasteiger partial charge in [0.2, 0.25) is 0 Å². The van der Waals surface area contributed by atoms with Gasteiger partial charge in [-0.05, 0) is 12.0 Å². The third-order valence-electron chi connectivity index (χ3n) is 2.27. The highest BCUT2D eigenvalue weighted by molar-refractivity contribution is 7.90. The van der Waals surface area contributed by atoms with E-state index in [4.69, 9.17) is 23.1 Å². The summed E-state index contributed by atoms with van der Waals surface area (Å²) in [5.41, 5.74) is 6.73. The Labute approximate surface area is 106 Å². The molecule has 0 atom stereocenters. The van der Waals surface area contributed by atoms with Gasteiger partial charge in [0.05, 0.1) is 11.5 Å². The van der Waals surface area contributed by atoms with Crippen molar-refractivity contribution in [2.75, 3.05) is 12.4 Å². The molecule has 0 radical (unpaired) electrons. The van der Waals surface area contributed by atoms with Crippen molar-refractivity contribution in [2.45, 2.75) is 12.2 Å². The lowest BCUT2D eigenvalue weighted by atomic mass is 10.1. The third kappa shape index (κ3) is 4.41. The second kappa shape index (κ2) is 6.09. The average molecular weight is 273 g/mol. The first-order valence-electron chi connectivity index (χ1n) is 5.15. The molecule has 17 heavy (non-hydrogen) atoms. The molecular weight excluding hydrogens is 258 g/mol. The summed E-state index contributed by atoms with van der Waals surface area (Å²) in [6.45, 7) is -0.129. The molecule has 0 fully saturated rings. The molecule has 0 bridgehead atoms. The molecule has 1 rings (SSSR count). The van der Waals surface area contributed by atoms with Crippen molar-refractivity contribution < 1.29 is 13.5 Å². The van der Waals surface area contributed by atoms with Crippen LogP contribution in [0, 0.1) is 0 Å². The average Bonchev–Trinajstić information content (AvgIpc) is 2.26.